The maximum absolute atomic E-state index is 14.0. The lowest BCUT2D eigenvalue weighted by Crippen LogP contribution is -2.04. The van der Waals surface area contributed by atoms with E-state index in [1.54, 1.807) is 6.07 Å². The number of aromatic nitrogens is 3. The van der Waals surface area contributed by atoms with Crippen molar-refractivity contribution in [2.45, 2.75) is 45.4 Å². The molecule has 1 aromatic heterocycles. The minimum Gasteiger partial charge on any atom is -0.385 e. The fraction of sp³-hybridized carbons (Fsp3) is 0.500. The summed E-state index contributed by atoms with van der Waals surface area (Å²) in [6.07, 6.45) is 10.4. The molecule has 0 radical (unpaired) electrons. The van der Waals surface area contributed by atoms with Gasteiger partial charge < -0.3 is 5.32 Å². The number of anilines is 1. The average molecular weight is 290 g/mol. The van der Waals surface area contributed by atoms with Gasteiger partial charge in [-0.05, 0) is 24.6 Å². The highest BCUT2D eigenvalue weighted by molar-refractivity contribution is 5.49. The lowest BCUT2D eigenvalue weighted by atomic mass is 10.1. The Morgan fingerprint density at radius 1 is 1.14 bits per heavy atom. The number of nitrogens with one attached hydrogen (secondary N) is 1. The SMILES string of the molecule is CCCCCCCCNc1ccc(-n2cncn2)c(F)c1. The van der Waals surface area contributed by atoms with Crippen LogP contribution < -0.4 is 5.32 Å². The predicted octanol–water partition coefficient (Wildman–Crippen LogP) is 4.18. The predicted molar refractivity (Wildman–Crippen MR) is 83.2 cm³/mol. The highest BCUT2D eigenvalue weighted by Gasteiger charge is 2.05. The van der Waals surface area contributed by atoms with Crippen molar-refractivity contribution in [3.8, 4) is 5.69 Å². The van der Waals surface area contributed by atoms with Crippen molar-refractivity contribution in [3.63, 3.8) is 0 Å². The molecule has 0 aliphatic heterocycles. The molecule has 0 amide bonds. The monoisotopic (exact) mass is 290 g/mol. The Morgan fingerprint density at radius 3 is 2.67 bits per heavy atom. The van der Waals surface area contributed by atoms with Gasteiger partial charge in [0, 0.05) is 12.2 Å². The van der Waals surface area contributed by atoms with E-state index in [0.29, 0.717) is 5.69 Å². The molecule has 0 bridgehead atoms. The van der Waals surface area contributed by atoms with E-state index in [0.717, 1.165) is 18.7 Å². The van der Waals surface area contributed by atoms with Crippen LogP contribution in [-0.2, 0) is 0 Å². The van der Waals surface area contributed by atoms with Crippen LogP contribution in [-0.4, -0.2) is 21.3 Å². The lowest BCUT2D eigenvalue weighted by molar-refractivity contribution is 0.609. The van der Waals surface area contributed by atoms with Crippen LogP contribution in [0.4, 0.5) is 10.1 Å². The second kappa shape index (κ2) is 8.39. The van der Waals surface area contributed by atoms with E-state index in [2.05, 4.69) is 22.3 Å². The third kappa shape index (κ3) is 4.85. The Kier molecular flexibility index (Phi) is 6.19. The zero-order chi connectivity index (χ0) is 14.9. The highest BCUT2D eigenvalue weighted by atomic mass is 19.1. The van der Waals surface area contributed by atoms with E-state index in [4.69, 9.17) is 0 Å². The molecule has 4 nitrogen and oxygen atoms in total. The Bertz CT molecular complexity index is 525. The van der Waals surface area contributed by atoms with Crippen molar-refractivity contribution in [1.29, 1.82) is 0 Å². The number of nitrogens with zero attached hydrogens (tertiary/aromatic N) is 3. The normalized spacial score (nSPS) is 10.8. The van der Waals surface area contributed by atoms with Crippen LogP contribution in [0.15, 0.2) is 30.9 Å². The van der Waals surface area contributed by atoms with E-state index < -0.39 is 0 Å². The first-order valence-electron chi connectivity index (χ1n) is 7.69. The molecule has 0 spiro atoms. The van der Waals surface area contributed by atoms with Gasteiger partial charge in [-0.1, -0.05) is 39.0 Å². The van der Waals surface area contributed by atoms with Gasteiger partial charge in [0.15, 0.2) is 5.82 Å². The van der Waals surface area contributed by atoms with E-state index in [1.807, 2.05) is 6.07 Å². The minimum atomic E-state index is -0.298. The van der Waals surface area contributed by atoms with Gasteiger partial charge >= 0.3 is 0 Å². The number of benzene rings is 1. The van der Waals surface area contributed by atoms with Gasteiger partial charge in [0.05, 0.1) is 0 Å². The molecule has 5 heteroatoms. The first-order valence-corrected chi connectivity index (χ1v) is 7.69. The van der Waals surface area contributed by atoms with Crippen LogP contribution in [0.1, 0.15) is 45.4 Å². The minimum absolute atomic E-state index is 0.298. The molecule has 0 atom stereocenters. The first kappa shape index (κ1) is 15.5. The topological polar surface area (TPSA) is 42.7 Å². The van der Waals surface area contributed by atoms with E-state index in [9.17, 15) is 4.39 Å². The van der Waals surface area contributed by atoms with E-state index in [-0.39, 0.29) is 5.82 Å². The Morgan fingerprint density at radius 2 is 1.95 bits per heavy atom. The van der Waals surface area contributed by atoms with Crippen molar-refractivity contribution in [3.05, 3.63) is 36.7 Å². The maximum Gasteiger partial charge on any atom is 0.150 e. The fourth-order valence-electron chi connectivity index (χ4n) is 2.27. The zero-order valence-electron chi connectivity index (χ0n) is 12.6. The summed E-state index contributed by atoms with van der Waals surface area (Å²) in [5, 5.41) is 7.20. The van der Waals surface area contributed by atoms with Gasteiger partial charge in [-0.3, -0.25) is 0 Å². The molecular weight excluding hydrogens is 267 g/mol. The largest absolute Gasteiger partial charge is 0.385 e. The summed E-state index contributed by atoms with van der Waals surface area (Å²) in [6.45, 7) is 3.10. The lowest BCUT2D eigenvalue weighted by Gasteiger charge is -2.08. The average Bonchev–Trinajstić information content (AvgIpc) is 3.00. The molecule has 114 valence electrons. The molecule has 2 rings (SSSR count). The molecule has 1 heterocycles. The number of unbranched alkanes of at least 4 members (excludes halogenated alkanes) is 5. The summed E-state index contributed by atoms with van der Waals surface area (Å²) in [6, 6.07) is 5.10. The molecule has 1 N–H and O–H groups in total. The van der Waals surface area contributed by atoms with Crippen molar-refractivity contribution in [2.24, 2.45) is 0 Å². The van der Waals surface area contributed by atoms with Crippen molar-refractivity contribution in [2.75, 3.05) is 11.9 Å². The van der Waals surface area contributed by atoms with Gasteiger partial charge in [-0.2, -0.15) is 5.10 Å². The second-order valence-corrected chi connectivity index (χ2v) is 5.20. The summed E-state index contributed by atoms with van der Waals surface area (Å²) in [5.41, 5.74) is 1.22. The van der Waals surface area contributed by atoms with Crippen LogP contribution in [0.2, 0.25) is 0 Å². The third-order valence-corrected chi connectivity index (χ3v) is 3.47. The molecule has 0 saturated carbocycles. The fourth-order valence-corrected chi connectivity index (χ4v) is 2.27. The summed E-state index contributed by atoms with van der Waals surface area (Å²) < 4.78 is 15.4. The van der Waals surface area contributed by atoms with Crippen molar-refractivity contribution < 1.29 is 4.39 Å². The van der Waals surface area contributed by atoms with Gasteiger partial charge in [0.25, 0.3) is 0 Å². The number of rotatable bonds is 9. The Balaban J connectivity index is 1.76. The molecule has 0 aliphatic carbocycles. The summed E-state index contributed by atoms with van der Waals surface area (Å²) >= 11 is 0. The summed E-state index contributed by atoms with van der Waals surface area (Å²) in [5.74, 6) is -0.298. The Labute approximate surface area is 125 Å². The molecule has 0 aliphatic rings. The molecule has 0 saturated heterocycles. The van der Waals surface area contributed by atoms with E-state index in [1.165, 1.54) is 55.5 Å². The quantitative estimate of drug-likeness (QED) is 0.704. The number of halogens is 1. The third-order valence-electron chi connectivity index (χ3n) is 3.47. The summed E-state index contributed by atoms with van der Waals surface area (Å²) in [7, 11) is 0. The zero-order valence-corrected chi connectivity index (χ0v) is 12.6. The molecular formula is C16H23FN4. The number of hydrogen-bond donors (Lipinski definition) is 1. The van der Waals surface area contributed by atoms with Crippen LogP contribution in [0.25, 0.3) is 5.69 Å². The van der Waals surface area contributed by atoms with Gasteiger partial charge in [-0.25, -0.2) is 14.1 Å². The molecule has 0 fully saturated rings. The highest BCUT2D eigenvalue weighted by Crippen LogP contribution is 2.17. The molecule has 2 aromatic rings. The number of hydrogen-bond acceptors (Lipinski definition) is 3. The summed E-state index contributed by atoms with van der Waals surface area (Å²) in [4.78, 5) is 3.82. The smallest absolute Gasteiger partial charge is 0.150 e. The van der Waals surface area contributed by atoms with Crippen molar-refractivity contribution >= 4 is 5.69 Å². The van der Waals surface area contributed by atoms with E-state index >= 15 is 0 Å². The van der Waals surface area contributed by atoms with Crippen LogP contribution in [0.3, 0.4) is 0 Å². The van der Waals surface area contributed by atoms with Gasteiger partial charge in [0.1, 0.15) is 18.3 Å². The molecule has 21 heavy (non-hydrogen) atoms. The van der Waals surface area contributed by atoms with Crippen LogP contribution >= 0.6 is 0 Å². The molecule has 0 unspecified atom stereocenters. The van der Waals surface area contributed by atoms with Gasteiger partial charge in [-0.15, -0.1) is 0 Å². The van der Waals surface area contributed by atoms with Crippen LogP contribution in [0, 0.1) is 5.82 Å². The maximum atomic E-state index is 14.0. The van der Waals surface area contributed by atoms with Crippen LogP contribution in [0.5, 0.6) is 0 Å². The van der Waals surface area contributed by atoms with Crippen molar-refractivity contribution in [1.82, 2.24) is 14.8 Å². The van der Waals surface area contributed by atoms with Gasteiger partial charge in [0.2, 0.25) is 0 Å². The molecule has 1 aromatic carbocycles. The second-order valence-electron chi connectivity index (χ2n) is 5.20. The standard InChI is InChI=1S/C16H23FN4/c1-2-3-4-5-6-7-10-19-14-8-9-16(15(17)11-14)21-13-18-12-20-21/h8-9,11-13,19H,2-7,10H2,1H3. The Hall–Kier alpha value is -1.91. The first-order chi connectivity index (χ1) is 10.3.